The molecule has 0 atom stereocenters. The number of aliphatic hydroxyl groups is 1. The second-order valence-corrected chi connectivity index (χ2v) is 8.60. The third kappa shape index (κ3) is 3.16. The number of fused-ring (bicyclic) bond motifs is 1. The summed E-state index contributed by atoms with van der Waals surface area (Å²) in [6.45, 7) is 4.35. The third-order valence-corrected chi connectivity index (χ3v) is 6.65. The van der Waals surface area contributed by atoms with Crippen LogP contribution in [0.25, 0.3) is 27.6 Å². The summed E-state index contributed by atoms with van der Waals surface area (Å²) in [4.78, 5) is 6.49. The molecule has 1 aliphatic heterocycles. The van der Waals surface area contributed by atoms with Crippen LogP contribution in [-0.4, -0.2) is 27.6 Å². The maximum Gasteiger partial charge on any atom is 0.139 e. The van der Waals surface area contributed by atoms with Crippen LogP contribution >= 0.6 is 11.3 Å². The first kappa shape index (κ1) is 19.3. The lowest BCUT2D eigenvalue weighted by Crippen LogP contribution is -2.26. The van der Waals surface area contributed by atoms with Gasteiger partial charge in [-0.25, -0.2) is 4.98 Å². The standard InChI is InChI=1S/C25H21N3O2S/c1-14-9-10-16(11-15(14)2)19-13-31-25(27-19)23-22(30)12-28(24(23)26)20-7-3-6-18-17(20)5-4-8-21(18)29/h3-11,13,26,29-30H,12H2,1-2H3. The average Bonchev–Trinajstić information content (AvgIpc) is 3.34. The number of aryl methyl sites for hydroxylation is 2. The van der Waals surface area contributed by atoms with Crippen LogP contribution in [0, 0.1) is 19.3 Å². The average molecular weight is 428 g/mol. The van der Waals surface area contributed by atoms with Crippen molar-refractivity contribution in [2.75, 3.05) is 11.4 Å². The van der Waals surface area contributed by atoms with E-state index < -0.39 is 0 Å². The van der Waals surface area contributed by atoms with E-state index in [2.05, 4.69) is 26.0 Å². The molecule has 0 radical (unpaired) electrons. The molecule has 3 N–H and O–H groups in total. The molecule has 4 aromatic rings. The number of phenolic OH excluding ortho intramolecular Hbond substituents is 1. The number of nitrogens with zero attached hydrogens (tertiary/aromatic N) is 2. The van der Waals surface area contributed by atoms with Crippen LogP contribution in [0.1, 0.15) is 16.1 Å². The number of hydrogen-bond donors (Lipinski definition) is 3. The molecule has 0 spiro atoms. The molecule has 31 heavy (non-hydrogen) atoms. The van der Waals surface area contributed by atoms with E-state index in [1.807, 2.05) is 35.7 Å². The van der Waals surface area contributed by atoms with Crippen LogP contribution in [0.15, 0.2) is 65.7 Å². The molecule has 0 aliphatic carbocycles. The van der Waals surface area contributed by atoms with Gasteiger partial charge in [0, 0.05) is 21.7 Å². The summed E-state index contributed by atoms with van der Waals surface area (Å²) in [5, 5.41) is 33.9. The summed E-state index contributed by atoms with van der Waals surface area (Å²) in [6, 6.07) is 17.2. The van der Waals surface area contributed by atoms with E-state index in [-0.39, 0.29) is 23.9 Å². The van der Waals surface area contributed by atoms with E-state index in [1.54, 1.807) is 17.0 Å². The van der Waals surface area contributed by atoms with E-state index in [9.17, 15) is 10.2 Å². The van der Waals surface area contributed by atoms with Gasteiger partial charge < -0.3 is 15.1 Å². The molecule has 0 fully saturated rings. The largest absolute Gasteiger partial charge is 0.510 e. The Bertz CT molecular complexity index is 1390. The van der Waals surface area contributed by atoms with Crippen LogP contribution < -0.4 is 4.90 Å². The number of thiazole rings is 1. The van der Waals surface area contributed by atoms with Gasteiger partial charge in [0.05, 0.1) is 23.5 Å². The van der Waals surface area contributed by atoms with Gasteiger partial charge in [0.1, 0.15) is 22.4 Å². The van der Waals surface area contributed by atoms with E-state index in [0.717, 1.165) is 22.3 Å². The van der Waals surface area contributed by atoms with Crippen LogP contribution in [0.3, 0.4) is 0 Å². The number of phenols is 1. The van der Waals surface area contributed by atoms with Crippen molar-refractivity contribution in [3.63, 3.8) is 0 Å². The zero-order valence-corrected chi connectivity index (χ0v) is 18.0. The zero-order valence-electron chi connectivity index (χ0n) is 17.2. The molecule has 0 saturated heterocycles. The first-order valence-corrected chi connectivity index (χ1v) is 10.8. The van der Waals surface area contributed by atoms with Gasteiger partial charge in [0.2, 0.25) is 0 Å². The molecule has 0 unspecified atom stereocenters. The molecule has 1 aliphatic rings. The summed E-state index contributed by atoms with van der Waals surface area (Å²) < 4.78 is 0. The number of aliphatic hydroxyl groups excluding tert-OH is 1. The van der Waals surface area contributed by atoms with E-state index in [4.69, 9.17) is 10.4 Å². The lowest BCUT2D eigenvalue weighted by atomic mass is 10.1. The Balaban J connectivity index is 1.51. The van der Waals surface area contributed by atoms with Gasteiger partial charge in [-0.05, 0) is 43.2 Å². The molecule has 1 aromatic heterocycles. The summed E-state index contributed by atoms with van der Waals surface area (Å²) in [7, 11) is 0. The van der Waals surface area contributed by atoms with Crippen LogP contribution in [0.2, 0.25) is 0 Å². The number of aromatic hydroxyl groups is 1. The Morgan fingerprint density at radius 1 is 0.968 bits per heavy atom. The SMILES string of the molecule is Cc1ccc(-c2csc(C3=C(O)CN(c4cccc5c(O)cccc45)C3=N)n2)cc1C. The van der Waals surface area contributed by atoms with Crippen molar-refractivity contribution in [3.05, 3.63) is 81.9 Å². The Morgan fingerprint density at radius 3 is 2.55 bits per heavy atom. The fourth-order valence-electron chi connectivity index (χ4n) is 3.94. The van der Waals surface area contributed by atoms with Gasteiger partial charge in [0.15, 0.2) is 0 Å². The predicted molar refractivity (Wildman–Crippen MR) is 127 cm³/mol. The van der Waals surface area contributed by atoms with Crippen LogP contribution in [-0.2, 0) is 0 Å². The van der Waals surface area contributed by atoms with Crippen molar-refractivity contribution in [1.29, 1.82) is 5.41 Å². The molecule has 0 amide bonds. The minimum absolute atomic E-state index is 0.128. The van der Waals surface area contributed by atoms with Gasteiger partial charge in [0.25, 0.3) is 0 Å². The molecular weight excluding hydrogens is 406 g/mol. The van der Waals surface area contributed by atoms with Crippen LogP contribution in [0.5, 0.6) is 5.75 Å². The predicted octanol–water partition coefficient (Wildman–Crippen LogP) is 6.05. The minimum atomic E-state index is 0.128. The van der Waals surface area contributed by atoms with E-state index in [1.165, 1.54) is 22.5 Å². The van der Waals surface area contributed by atoms with Gasteiger partial charge >= 0.3 is 0 Å². The highest BCUT2D eigenvalue weighted by atomic mass is 32.1. The molecule has 6 heteroatoms. The minimum Gasteiger partial charge on any atom is -0.510 e. The monoisotopic (exact) mass is 427 g/mol. The summed E-state index contributed by atoms with van der Waals surface area (Å²) in [5.41, 5.74) is 5.52. The van der Waals surface area contributed by atoms with Crippen molar-refractivity contribution in [1.82, 2.24) is 4.98 Å². The fourth-order valence-corrected chi connectivity index (χ4v) is 4.84. The van der Waals surface area contributed by atoms with Crippen molar-refractivity contribution in [3.8, 4) is 17.0 Å². The molecule has 0 saturated carbocycles. The quantitative estimate of drug-likeness (QED) is 0.372. The smallest absolute Gasteiger partial charge is 0.139 e. The third-order valence-electron chi connectivity index (χ3n) is 5.79. The lowest BCUT2D eigenvalue weighted by Gasteiger charge is -2.21. The Morgan fingerprint density at radius 2 is 1.74 bits per heavy atom. The molecule has 0 bridgehead atoms. The number of anilines is 1. The van der Waals surface area contributed by atoms with Crippen molar-refractivity contribution in [2.45, 2.75) is 13.8 Å². The fraction of sp³-hybridized carbons (Fsp3) is 0.120. The Labute approximate surface area is 184 Å². The highest BCUT2D eigenvalue weighted by molar-refractivity contribution is 7.11. The summed E-state index contributed by atoms with van der Waals surface area (Å²) in [6.07, 6.45) is 0. The van der Waals surface area contributed by atoms with Gasteiger partial charge in [-0.3, -0.25) is 5.41 Å². The summed E-state index contributed by atoms with van der Waals surface area (Å²) in [5.74, 6) is 0.526. The number of aromatic nitrogens is 1. The molecule has 3 aromatic carbocycles. The lowest BCUT2D eigenvalue weighted by molar-refractivity contribution is 0.411. The Hall–Kier alpha value is -3.64. The van der Waals surface area contributed by atoms with E-state index in [0.29, 0.717) is 16.0 Å². The van der Waals surface area contributed by atoms with Gasteiger partial charge in [-0.15, -0.1) is 11.3 Å². The molecule has 5 nitrogen and oxygen atoms in total. The number of rotatable bonds is 3. The van der Waals surface area contributed by atoms with E-state index >= 15 is 0 Å². The Kier molecular flexibility index (Phi) is 4.52. The number of nitrogens with one attached hydrogen (secondary N) is 1. The molecular formula is C25H21N3O2S. The van der Waals surface area contributed by atoms with Gasteiger partial charge in [-0.1, -0.05) is 36.4 Å². The zero-order chi connectivity index (χ0) is 21.7. The maximum absolute atomic E-state index is 10.7. The van der Waals surface area contributed by atoms with Crippen molar-refractivity contribution in [2.24, 2.45) is 0 Å². The maximum atomic E-state index is 10.7. The number of benzene rings is 3. The molecule has 2 heterocycles. The summed E-state index contributed by atoms with van der Waals surface area (Å²) >= 11 is 1.43. The van der Waals surface area contributed by atoms with Crippen molar-refractivity contribution < 1.29 is 10.2 Å². The second kappa shape index (κ2) is 7.25. The molecule has 154 valence electrons. The highest BCUT2D eigenvalue weighted by Gasteiger charge is 2.32. The molecule has 5 rings (SSSR count). The first-order chi connectivity index (χ1) is 14.9. The van der Waals surface area contributed by atoms with Gasteiger partial charge in [-0.2, -0.15) is 0 Å². The number of amidine groups is 1. The topological polar surface area (TPSA) is 80.4 Å². The second-order valence-electron chi connectivity index (χ2n) is 7.74. The van der Waals surface area contributed by atoms with Crippen molar-refractivity contribution >= 4 is 39.2 Å². The normalized spacial score (nSPS) is 14.1. The van der Waals surface area contributed by atoms with Crippen LogP contribution in [0.4, 0.5) is 5.69 Å². The first-order valence-electron chi connectivity index (χ1n) is 9.97. The number of hydrogen-bond acceptors (Lipinski definition) is 5. The highest BCUT2D eigenvalue weighted by Crippen LogP contribution is 2.38.